The summed E-state index contributed by atoms with van der Waals surface area (Å²) >= 11 is 5.78. The fourth-order valence-corrected chi connectivity index (χ4v) is 2.06. The van der Waals surface area contributed by atoms with Crippen molar-refractivity contribution in [2.24, 2.45) is 0 Å². The minimum absolute atomic E-state index is 0.170. The van der Waals surface area contributed by atoms with Crippen molar-refractivity contribution in [3.8, 4) is 0 Å². The third kappa shape index (κ3) is 1.69. The summed E-state index contributed by atoms with van der Waals surface area (Å²) < 4.78 is 13.5. The van der Waals surface area contributed by atoms with Gasteiger partial charge in [-0.15, -0.1) is 11.6 Å². The van der Waals surface area contributed by atoms with Gasteiger partial charge in [-0.05, 0) is 13.0 Å². The number of carbonyl (C=O) groups excluding carboxylic acids is 2. The first-order valence-corrected chi connectivity index (χ1v) is 5.19. The molecule has 84 valence electrons. The molecule has 2 unspecified atom stereocenters. The number of imide groups is 1. The number of hydrogen-bond donors (Lipinski definition) is 1. The normalized spacial score (nSPS) is 24.7. The van der Waals surface area contributed by atoms with Crippen molar-refractivity contribution in [3.05, 3.63) is 35.1 Å². The van der Waals surface area contributed by atoms with E-state index in [-0.39, 0.29) is 5.56 Å². The molecule has 1 aliphatic heterocycles. The largest absolute Gasteiger partial charge is 0.295 e. The van der Waals surface area contributed by atoms with E-state index >= 15 is 0 Å². The van der Waals surface area contributed by atoms with Crippen LogP contribution in [0.25, 0.3) is 0 Å². The Kier molecular flexibility index (Phi) is 2.68. The van der Waals surface area contributed by atoms with Crippen LogP contribution in [0.15, 0.2) is 18.2 Å². The number of alkyl halides is 1. The van der Waals surface area contributed by atoms with Gasteiger partial charge in [-0.25, -0.2) is 4.39 Å². The van der Waals surface area contributed by atoms with Crippen LogP contribution in [-0.2, 0) is 9.59 Å². The Morgan fingerprint density at radius 2 is 2.00 bits per heavy atom. The predicted octanol–water partition coefficient (Wildman–Crippen LogP) is 1.48. The molecule has 2 amide bonds. The lowest BCUT2D eigenvalue weighted by Crippen LogP contribution is -2.22. The monoisotopic (exact) mass is 241 g/mol. The minimum atomic E-state index is -1.04. The van der Waals surface area contributed by atoms with Crippen LogP contribution in [0.5, 0.6) is 0 Å². The molecule has 1 aliphatic rings. The van der Waals surface area contributed by atoms with E-state index in [2.05, 4.69) is 5.32 Å². The molecular formula is C11H9ClFNO2. The summed E-state index contributed by atoms with van der Waals surface area (Å²) in [4.78, 5) is 22.7. The van der Waals surface area contributed by atoms with Crippen molar-refractivity contribution >= 4 is 23.4 Å². The number of amides is 2. The minimum Gasteiger partial charge on any atom is -0.295 e. The van der Waals surface area contributed by atoms with Crippen LogP contribution < -0.4 is 5.32 Å². The number of hydrogen-bond acceptors (Lipinski definition) is 2. The maximum Gasteiger partial charge on any atom is 0.245 e. The summed E-state index contributed by atoms with van der Waals surface area (Å²) in [5.74, 6) is -2.58. The lowest BCUT2D eigenvalue weighted by atomic mass is 9.95. The molecule has 2 atom stereocenters. The molecule has 0 spiro atoms. The van der Waals surface area contributed by atoms with Gasteiger partial charge >= 0.3 is 0 Å². The first-order chi connectivity index (χ1) is 7.50. The molecule has 3 nitrogen and oxygen atoms in total. The molecule has 0 aromatic heterocycles. The number of rotatable bonds is 1. The highest BCUT2D eigenvalue weighted by Crippen LogP contribution is 2.30. The van der Waals surface area contributed by atoms with E-state index in [9.17, 15) is 14.0 Å². The second kappa shape index (κ2) is 3.87. The maximum absolute atomic E-state index is 13.5. The number of carbonyl (C=O) groups is 2. The van der Waals surface area contributed by atoms with Gasteiger partial charge in [0.15, 0.2) is 0 Å². The molecule has 1 saturated heterocycles. The van der Waals surface area contributed by atoms with E-state index < -0.39 is 28.9 Å². The number of benzene rings is 1. The van der Waals surface area contributed by atoms with Gasteiger partial charge in [-0.3, -0.25) is 14.9 Å². The molecule has 0 radical (unpaired) electrons. The standard InChI is InChI=1S/C11H9ClFNO2/c1-5-2-3-7(13)6(4-5)8-9(12)11(16)14-10(8)15/h2-4,8-9H,1H3,(H,14,15,16). The van der Waals surface area contributed by atoms with Crippen molar-refractivity contribution in [1.29, 1.82) is 0 Å². The Balaban J connectivity index is 2.48. The molecule has 1 aromatic carbocycles. The first kappa shape index (κ1) is 11.1. The number of aryl methyl sites for hydroxylation is 1. The zero-order chi connectivity index (χ0) is 11.9. The third-order valence-corrected chi connectivity index (χ3v) is 3.01. The van der Waals surface area contributed by atoms with E-state index in [0.717, 1.165) is 5.56 Å². The smallest absolute Gasteiger partial charge is 0.245 e. The van der Waals surface area contributed by atoms with Gasteiger partial charge in [-0.1, -0.05) is 17.7 Å². The van der Waals surface area contributed by atoms with Crippen molar-refractivity contribution in [2.75, 3.05) is 0 Å². The van der Waals surface area contributed by atoms with Crippen LogP contribution in [0.1, 0.15) is 17.0 Å². The summed E-state index contributed by atoms with van der Waals surface area (Å²) in [7, 11) is 0. The Bertz CT molecular complexity index is 475. The fraction of sp³-hybridized carbons (Fsp3) is 0.273. The highest BCUT2D eigenvalue weighted by atomic mass is 35.5. The van der Waals surface area contributed by atoms with Gasteiger partial charge in [0.1, 0.15) is 11.2 Å². The van der Waals surface area contributed by atoms with Crippen LogP contribution in [0.3, 0.4) is 0 Å². The van der Waals surface area contributed by atoms with Gasteiger partial charge < -0.3 is 0 Å². The van der Waals surface area contributed by atoms with Crippen molar-refractivity contribution in [3.63, 3.8) is 0 Å². The van der Waals surface area contributed by atoms with E-state index in [1.54, 1.807) is 13.0 Å². The summed E-state index contributed by atoms with van der Waals surface area (Å²) in [6.45, 7) is 1.78. The number of nitrogens with one attached hydrogen (secondary N) is 1. The van der Waals surface area contributed by atoms with Crippen LogP contribution in [0.2, 0.25) is 0 Å². The van der Waals surface area contributed by atoms with E-state index in [1.807, 2.05) is 0 Å². The van der Waals surface area contributed by atoms with Crippen LogP contribution >= 0.6 is 11.6 Å². The second-order valence-electron chi connectivity index (χ2n) is 3.76. The van der Waals surface area contributed by atoms with Gasteiger partial charge in [0.2, 0.25) is 11.8 Å². The Labute approximate surface area is 96.6 Å². The lowest BCUT2D eigenvalue weighted by Gasteiger charge is -2.11. The molecule has 5 heteroatoms. The zero-order valence-electron chi connectivity index (χ0n) is 8.46. The molecular weight excluding hydrogens is 233 g/mol. The first-order valence-electron chi connectivity index (χ1n) is 4.75. The molecule has 2 rings (SSSR count). The Hall–Kier alpha value is -1.42. The maximum atomic E-state index is 13.5. The quantitative estimate of drug-likeness (QED) is 0.598. The SMILES string of the molecule is Cc1ccc(F)c(C2C(=O)NC(=O)C2Cl)c1. The van der Waals surface area contributed by atoms with Crippen LogP contribution in [-0.4, -0.2) is 17.2 Å². The topological polar surface area (TPSA) is 46.2 Å². The van der Waals surface area contributed by atoms with Gasteiger partial charge in [-0.2, -0.15) is 0 Å². The summed E-state index contributed by atoms with van der Waals surface area (Å²) in [6, 6.07) is 4.40. The molecule has 16 heavy (non-hydrogen) atoms. The summed E-state index contributed by atoms with van der Waals surface area (Å²) in [5, 5.41) is 1.05. The lowest BCUT2D eigenvalue weighted by molar-refractivity contribution is -0.125. The molecule has 0 aliphatic carbocycles. The average Bonchev–Trinajstić information content (AvgIpc) is 2.46. The van der Waals surface area contributed by atoms with Crippen LogP contribution in [0, 0.1) is 12.7 Å². The second-order valence-corrected chi connectivity index (χ2v) is 4.23. The predicted molar refractivity (Wildman–Crippen MR) is 56.7 cm³/mol. The van der Waals surface area contributed by atoms with Crippen molar-refractivity contribution in [1.82, 2.24) is 5.32 Å². The molecule has 0 bridgehead atoms. The fourth-order valence-electron chi connectivity index (χ4n) is 1.75. The average molecular weight is 242 g/mol. The van der Waals surface area contributed by atoms with Crippen molar-refractivity contribution < 1.29 is 14.0 Å². The molecule has 1 N–H and O–H groups in total. The molecule has 1 heterocycles. The van der Waals surface area contributed by atoms with Gasteiger partial charge in [0.05, 0.1) is 5.92 Å². The summed E-state index contributed by atoms with van der Waals surface area (Å²) in [5.41, 5.74) is 0.982. The Morgan fingerprint density at radius 1 is 1.31 bits per heavy atom. The third-order valence-electron chi connectivity index (χ3n) is 2.56. The zero-order valence-corrected chi connectivity index (χ0v) is 9.22. The molecule has 1 fully saturated rings. The van der Waals surface area contributed by atoms with E-state index in [1.165, 1.54) is 12.1 Å². The van der Waals surface area contributed by atoms with Crippen molar-refractivity contribution in [2.45, 2.75) is 18.2 Å². The molecule has 0 saturated carbocycles. The van der Waals surface area contributed by atoms with Gasteiger partial charge in [0.25, 0.3) is 0 Å². The summed E-state index contributed by atoms with van der Waals surface area (Å²) in [6.07, 6.45) is 0. The van der Waals surface area contributed by atoms with Crippen LogP contribution in [0.4, 0.5) is 4.39 Å². The molecule has 1 aromatic rings. The van der Waals surface area contributed by atoms with E-state index in [4.69, 9.17) is 11.6 Å². The highest BCUT2D eigenvalue weighted by Gasteiger charge is 2.42. The van der Waals surface area contributed by atoms with Gasteiger partial charge in [0, 0.05) is 5.56 Å². The number of halogens is 2. The Morgan fingerprint density at radius 3 is 2.56 bits per heavy atom. The van der Waals surface area contributed by atoms with E-state index in [0.29, 0.717) is 0 Å². The highest BCUT2D eigenvalue weighted by molar-refractivity contribution is 6.37.